The summed E-state index contributed by atoms with van der Waals surface area (Å²) in [6.07, 6.45) is 6.09. The Bertz CT molecular complexity index is 796. The lowest BCUT2D eigenvalue weighted by Crippen LogP contribution is -2.48. The fourth-order valence-corrected chi connectivity index (χ4v) is 3.18. The fraction of sp³-hybridized carbons (Fsp3) is 0.250. The first-order valence-corrected chi connectivity index (χ1v) is 8.27. The Morgan fingerprint density at radius 1 is 1.12 bits per heavy atom. The summed E-state index contributed by atoms with van der Waals surface area (Å²) in [6.45, 7) is 0. The molecule has 24 heavy (non-hydrogen) atoms. The summed E-state index contributed by atoms with van der Waals surface area (Å²) >= 11 is 0. The first-order valence-electron chi connectivity index (χ1n) is 8.27. The quantitative estimate of drug-likeness (QED) is 0.932. The lowest BCUT2D eigenvalue weighted by molar-refractivity contribution is 0.0703. The van der Waals surface area contributed by atoms with Crippen LogP contribution in [0, 0.1) is 0 Å². The van der Waals surface area contributed by atoms with Crippen LogP contribution in [0.15, 0.2) is 54.6 Å². The monoisotopic (exact) mass is 320 g/mol. The molecule has 2 aromatic rings. The number of hydrogen-bond donors (Lipinski definition) is 1. The number of rotatable bonds is 4. The third-order valence-corrected chi connectivity index (χ3v) is 4.53. The third-order valence-electron chi connectivity index (χ3n) is 4.53. The Hall–Kier alpha value is -2.75. The van der Waals surface area contributed by atoms with E-state index in [4.69, 9.17) is 4.74 Å². The minimum Gasteiger partial charge on any atom is -0.496 e. The second-order valence-corrected chi connectivity index (χ2v) is 6.18. The third kappa shape index (κ3) is 2.64. The standard InChI is InChI=1S/C20H20N2O2/c1-24-18-9-5-2-6-14(18)10-13-19-21-17-8-4-3-7-16(17)20(23)22(19)15-11-12-15/h2-10,13,15,19,21H,11-12H2,1H3. The minimum atomic E-state index is -0.134. The van der Waals surface area contributed by atoms with Crippen LogP contribution in [0.4, 0.5) is 5.69 Å². The molecule has 1 saturated carbocycles. The topological polar surface area (TPSA) is 41.6 Å². The molecule has 2 aromatic carbocycles. The van der Waals surface area contributed by atoms with Gasteiger partial charge in [0.05, 0.1) is 12.7 Å². The molecule has 0 spiro atoms. The molecule has 4 rings (SSSR count). The molecule has 122 valence electrons. The summed E-state index contributed by atoms with van der Waals surface area (Å²) < 4.78 is 5.40. The zero-order valence-electron chi connectivity index (χ0n) is 13.6. The number of anilines is 1. The van der Waals surface area contributed by atoms with E-state index in [1.54, 1.807) is 7.11 Å². The largest absolute Gasteiger partial charge is 0.496 e. The Morgan fingerprint density at radius 3 is 2.67 bits per heavy atom. The van der Waals surface area contributed by atoms with Crippen molar-refractivity contribution in [1.29, 1.82) is 0 Å². The van der Waals surface area contributed by atoms with E-state index in [1.165, 1.54) is 0 Å². The normalized spacial score (nSPS) is 20.0. The van der Waals surface area contributed by atoms with Crippen molar-refractivity contribution in [2.45, 2.75) is 25.0 Å². The second-order valence-electron chi connectivity index (χ2n) is 6.18. The number of carbonyl (C=O) groups excluding carboxylic acids is 1. The second kappa shape index (κ2) is 6.04. The van der Waals surface area contributed by atoms with E-state index >= 15 is 0 Å². The average molecular weight is 320 g/mol. The number of hydrogen-bond acceptors (Lipinski definition) is 3. The Balaban J connectivity index is 1.66. The van der Waals surface area contributed by atoms with Crippen molar-refractivity contribution in [2.24, 2.45) is 0 Å². The van der Waals surface area contributed by atoms with Gasteiger partial charge in [-0.15, -0.1) is 0 Å². The molecule has 1 fully saturated rings. The average Bonchev–Trinajstić information content (AvgIpc) is 3.45. The number of benzene rings is 2. The van der Waals surface area contributed by atoms with Gasteiger partial charge in [-0.1, -0.05) is 36.4 Å². The SMILES string of the molecule is COc1ccccc1C=CC1Nc2ccccc2C(=O)N1C1CC1. The highest BCUT2D eigenvalue weighted by Crippen LogP contribution is 2.35. The van der Waals surface area contributed by atoms with Gasteiger partial charge in [0.1, 0.15) is 11.9 Å². The molecular weight excluding hydrogens is 300 g/mol. The highest BCUT2D eigenvalue weighted by molar-refractivity contribution is 6.02. The van der Waals surface area contributed by atoms with Gasteiger partial charge in [-0.25, -0.2) is 0 Å². The van der Waals surface area contributed by atoms with Gasteiger partial charge in [0.15, 0.2) is 0 Å². The van der Waals surface area contributed by atoms with Crippen molar-refractivity contribution >= 4 is 17.7 Å². The fourth-order valence-electron chi connectivity index (χ4n) is 3.18. The van der Waals surface area contributed by atoms with Crippen molar-refractivity contribution in [2.75, 3.05) is 12.4 Å². The van der Waals surface area contributed by atoms with Gasteiger partial charge in [-0.05, 0) is 37.1 Å². The molecule has 0 radical (unpaired) electrons. The molecule has 0 bridgehead atoms. The summed E-state index contributed by atoms with van der Waals surface area (Å²) in [7, 11) is 1.67. The van der Waals surface area contributed by atoms with Gasteiger partial charge < -0.3 is 15.0 Å². The molecule has 1 N–H and O–H groups in total. The maximum atomic E-state index is 12.9. The van der Waals surface area contributed by atoms with Crippen LogP contribution in [-0.2, 0) is 0 Å². The van der Waals surface area contributed by atoms with E-state index in [-0.39, 0.29) is 12.1 Å². The number of nitrogens with zero attached hydrogens (tertiary/aromatic N) is 1. The molecule has 4 nitrogen and oxygen atoms in total. The highest BCUT2D eigenvalue weighted by Gasteiger charge is 2.40. The highest BCUT2D eigenvalue weighted by atomic mass is 16.5. The van der Waals surface area contributed by atoms with E-state index in [9.17, 15) is 4.79 Å². The van der Waals surface area contributed by atoms with Gasteiger partial charge in [0.25, 0.3) is 5.91 Å². The van der Waals surface area contributed by atoms with Crippen molar-refractivity contribution in [3.05, 3.63) is 65.7 Å². The van der Waals surface area contributed by atoms with E-state index in [1.807, 2.05) is 65.6 Å². The summed E-state index contributed by atoms with van der Waals surface area (Å²) in [5.74, 6) is 0.941. The van der Waals surface area contributed by atoms with Crippen LogP contribution in [0.2, 0.25) is 0 Å². The smallest absolute Gasteiger partial charge is 0.258 e. The maximum absolute atomic E-state index is 12.9. The Labute approximate surface area is 141 Å². The molecule has 0 aromatic heterocycles. The molecule has 1 aliphatic carbocycles. The first-order chi connectivity index (χ1) is 11.8. The molecule has 1 heterocycles. The Kier molecular flexibility index (Phi) is 3.73. The summed E-state index contributed by atoms with van der Waals surface area (Å²) in [5.41, 5.74) is 2.66. The minimum absolute atomic E-state index is 0.113. The van der Waals surface area contributed by atoms with Crippen molar-refractivity contribution < 1.29 is 9.53 Å². The number of para-hydroxylation sites is 2. The van der Waals surface area contributed by atoms with Gasteiger partial charge in [-0.2, -0.15) is 0 Å². The van der Waals surface area contributed by atoms with E-state index in [0.717, 1.165) is 35.4 Å². The van der Waals surface area contributed by atoms with Crippen LogP contribution in [0.5, 0.6) is 5.75 Å². The van der Waals surface area contributed by atoms with E-state index < -0.39 is 0 Å². The molecule has 0 saturated heterocycles. The predicted octanol–water partition coefficient (Wildman–Crippen LogP) is 3.76. The summed E-state index contributed by atoms with van der Waals surface area (Å²) in [6, 6.07) is 15.9. The summed E-state index contributed by atoms with van der Waals surface area (Å²) in [5, 5.41) is 3.48. The van der Waals surface area contributed by atoms with Gasteiger partial charge in [-0.3, -0.25) is 4.79 Å². The van der Waals surface area contributed by atoms with Crippen LogP contribution < -0.4 is 10.1 Å². The van der Waals surface area contributed by atoms with E-state index in [0.29, 0.717) is 6.04 Å². The Morgan fingerprint density at radius 2 is 1.88 bits per heavy atom. The summed E-state index contributed by atoms with van der Waals surface area (Å²) in [4.78, 5) is 14.8. The van der Waals surface area contributed by atoms with Gasteiger partial charge >= 0.3 is 0 Å². The van der Waals surface area contributed by atoms with Crippen LogP contribution in [0.1, 0.15) is 28.8 Å². The number of amides is 1. The number of ether oxygens (including phenoxy) is 1. The molecule has 1 atom stereocenters. The predicted molar refractivity (Wildman–Crippen MR) is 95.1 cm³/mol. The number of fused-ring (bicyclic) bond motifs is 1. The van der Waals surface area contributed by atoms with Gasteiger partial charge in [0, 0.05) is 17.3 Å². The van der Waals surface area contributed by atoms with Gasteiger partial charge in [0.2, 0.25) is 0 Å². The van der Waals surface area contributed by atoms with Crippen LogP contribution in [0.25, 0.3) is 6.08 Å². The zero-order valence-corrected chi connectivity index (χ0v) is 13.6. The zero-order chi connectivity index (χ0) is 16.5. The number of nitrogens with one attached hydrogen (secondary N) is 1. The van der Waals surface area contributed by atoms with Crippen molar-refractivity contribution in [1.82, 2.24) is 4.90 Å². The lowest BCUT2D eigenvalue weighted by atomic mass is 10.1. The first kappa shape index (κ1) is 14.8. The molecule has 1 unspecified atom stereocenters. The maximum Gasteiger partial charge on any atom is 0.258 e. The molecular formula is C20H20N2O2. The molecule has 2 aliphatic rings. The van der Waals surface area contributed by atoms with Crippen LogP contribution >= 0.6 is 0 Å². The van der Waals surface area contributed by atoms with E-state index in [2.05, 4.69) is 5.32 Å². The molecule has 1 aliphatic heterocycles. The van der Waals surface area contributed by atoms with Crippen LogP contribution in [-0.4, -0.2) is 30.1 Å². The number of methoxy groups -OCH3 is 1. The number of carbonyl (C=O) groups is 1. The molecule has 1 amide bonds. The lowest BCUT2D eigenvalue weighted by Gasteiger charge is -2.36. The van der Waals surface area contributed by atoms with Crippen molar-refractivity contribution in [3.63, 3.8) is 0 Å². The molecule has 4 heteroatoms. The van der Waals surface area contributed by atoms with Crippen LogP contribution in [0.3, 0.4) is 0 Å². The van der Waals surface area contributed by atoms with Crippen molar-refractivity contribution in [3.8, 4) is 5.75 Å².